The predicted molar refractivity (Wildman–Crippen MR) is 80.5 cm³/mol. The van der Waals surface area contributed by atoms with E-state index in [9.17, 15) is 9.67 Å². The van der Waals surface area contributed by atoms with E-state index in [1.54, 1.807) is 37.5 Å². The van der Waals surface area contributed by atoms with Crippen molar-refractivity contribution in [3.8, 4) is 0 Å². The minimum absolute atomic E-state index is 0.776. The first kappa shape index (κ1) is 16.4. The Balaban J connectivity index is 3.26. The summed E-state index contributed by atoms with van der Waals surface area (Å²) in [5.74, 6) is 0. The van der Waals surface area contributed by atoms with Gasteiger partial charge in [0.15, 0.2) is 0 Å². The summed E-state index contributed by atoms with van der Waals surface area (Å²) in [6, 6.07) is 9.39. The third kappa shape index (κ3) is 2.77. The Hall–Kier alpha value is -0.670. The zero-order valence-electron chi connectivity index (χ0n) is 12.7. The average molecular weight is 284 g/mol. The van der Waals surface area contributed by atoms with Gasteiger partial charge in [-0.3, -0.25) is 4.57 Å². The monoisotopic (exact) mass is 284 g/mol. The lowest BCUT2D eigenvalue weighted by Crippen LogP contribution is -2.40. The van der Waals surface area contributed by atoms with E-state index in [4.69, 9.17) is 0 Å². The van der Waals surface area contributed by atoms with Crippen molar-refractivity contribution in [1.29, 1.82) is 0 Å². The number of aliphatic hydroxyl groups is 1. The number of hydrogen-bond acceptors (Lipinski definition) is 2. The van der Waals surface area contributed by atoms with Crippen molar-refractivity contribution in [1.82, 2.24) is 9.34 Å². The van der Waals surface area contributed by atoms with Crippen LogP contribution in [0.3, 0.4) is 0 Å². The largest absolute Gasteiger partial charge is 0.387 e. The molecule has 1 aromatic rings. The van der Waals surface area contributed by atoms with Crippen LogP contribution < -0.4 is 0 Å². The summed E-state index contributed by atoms with van der Waals surface area (Å²) < 4.78 is 16.8. The number of hydrogen-bond donors (Lipinski definition) is 1. The quantitative estimate of drug-likeness (QED) is 0.844. The summed E-state index contributed by atoms with van der Waals surface area (Å²) in [4.78, 5) is 0. The van der Waals surface area contributed by atoms with Gasteiger partial charge in [0.1, 0.15) is 0 Å². The summed E-state index contributed by atoms with van der Waals surface area (Å²) in [6.45, 7) is 3.71. The van der Waals surface area contributed by atoms with Gasteiger partial charge in [0.05, 0.1) is 11.3 Å². The highest BCUT2D eigenvalue weighted by molar-refractivity contribution is 7.60. The van der Waals surface area contributed by atoms with Crippen LogP contribution >= 0.6 is 7.44 Å². The molecule has 0 amide bonds. The summed E-state index contributed by atoms with van der Waals surface area (Å²) in [5, 5.41) is 9.88. The summed E-state index contributed by atoms with van der Waals surface area (Å²) in [7, 11) is 4.30. The highest BCUT2D eigenvalue weighted by Crippen LogP contribution is 2.64. The molecule has 4 nitrogen and oxygen atoms in total. The highest BCUT2D eigenvalue weighted by atomic mass is 31.2. The molecule has 0 spiro atoms. The Morgan fingerprint density at radius 1 is 1.05 bits per heavy atom. The van der Waals surface area contributed by atoms with Crippen LogP contribution in [0, 0.1) is 0 Å². The van der Waals surface area contributed by atoms with Crippen LogP contribution in [-0.2, 0) is 4.57 Å². The SMILES string of the molecule is CN(C)P(=O)(N(C)C)C(C)(C)[C@H](O)c1ccccc1. The molecule has 5 heteroatoms. The molecule has 0 aromatic heterocycles. The standard InChI is InChI=1S/C14H25N2O2P/c1-14(2,19(18,15(3)4)16(5)6)13(17)12-10-8-7-9-11-12/h7-11,13,17H,1-6H3/t13-/m1/s1. The van der Waals surface area contributed by atoms with Crippen molar-refractivity contribution in [2.24, 2.45) is 0 Å². The summed E-state index contributed by atoms with van der Waals surface area (Å²) in [6.07, 6.45) is -0.788. The zero-order valence-corrected chi connectivity index (χ0v) is 13.6. The molecule has 0 aliphatic heterocycles. The topological polar surface area (TPSA) is 43.8 Å². The molecule has 0 saturated carbocycles. The lowest BCUT2D eigenvalue weighted by Gasteiger charge is -2.44. The molecule has 0 fully saturated rings. The van der Waals surface area contributed by atoms with Crippen LogP contribution in [0.25, 0.3) is 0 Å². The van der Waals surface area contributed by atoms with Gasteiger partial charge in [0.2, 0.25) is 7.44 Å². The van der Waals surface area contributed by atoms with Crippen molar-refractivity contribution in [2.45, 2.75) is 25.1 Å². The smallest absolute Gasteiger partial charge is 0.223 e. The molecule has 1 rings (SSSR count). The maximum absolute atomic E-state index is 13.3. The third-order valence-corrected chi connectivity index (χ3v) is 7.53. The molecule has 0 aliphatic carbocycles. The molecule has 0 aliphatic rings. The van der Waals surface area contributed by atoms with E-state index >= 15 is 0 Å². The van der Waals surface area contributed by atoms with Crippen molar-refractivity contribution < 1.29 is 9.67 Å². The molecule has 0 saturated heterocycles. The second-order valence-electron chi connectivity index (χ2n) is 5.71. The Morgan fingerprint density at radius 3 is 1.84 bits per heavy atom. The van der Waals surface area contributed by atoms with Crippen LogP contribution in [0.5, 0.6) is 0 Å². The van der Waals surface area contributed by atoms with Crippen molar-refractivity contribution in [2.75, 3.05) is 28.2 Å². The fourth-order valence-corrected chi connectivity index (χ4v) is 5.84. The van der Waals surface area contributed by atoms with E-state index in [1.807, 2.05) is 44.2 Å². The van der Waals surface area contributed by atoms with Crippen LogP contribution in [0.15, 0.2) is 30.3 Å². The van der Waals surface area contributed by atoms with Gasteiger partial charge in [-0.15, -0.1) is 0 Å². The zero-order chi connectivity index (χ0) is 14.8. The highest BCUT2D eigenvalue weighted by Gasteiger charge is 2.49. The maximum atomic E-state index is 13.3. The molecule has 1 atom stereocenters. The Bertz CT molecular complexity index is 446. The Kier molecular flexibility index (Phi) is 4.97. The number of benzene rings is 1. The van der Waals surface area contributed by atoms with Crippen LogP contribution in [0.4, 0.5) is 0 Å². The number of nitrogens with zero attached hydrogens (tertiary/aromatic N) is 2. The van der Waals surface area contributed by atoms with E-state index in [0.717, 1.165) is 5.56 Å². The van der Waals surface area contributed by atoms with E-state index in [2.05, 4.69) is 0 Å². The number of aliphatic hydroxyl groups excluding tert-OH is 1. The maximum Gasteiger partial charge on any atom is 0.223 e. The normalized spacial score (nSPS) is 15.0. The van der Waals surface area contributed by atoms with E-state index < -0.39 is 18.7 Å². The van der Waals surface area contributed by atoms with Crippen molar-refractivity contribution in [3.05, 3.63) is 35.9 Å². The Morgan fingerprint density at radius 2 is 1.47 bits per heavy atom. The molecular formula is C14H25N2O2P. The third-order valence-electron chi connectivity index (χ3n) is 3.62. The average Bonchev–Trinajstić information content (AvgIpc) is 2.36. The van der Waals surface area contributed by atoms with Gasteiger partial charge in [-0.25, -0.2) is 9.34 Å². The van der Waals surface area contributed by atoms with Crippen LogP contribution in [0.1, 0.15) is 25.5 Å². The molecule has 0 unspecified atom stereocenters. The summed E-state index contributed by atoms with van der Waals surface area (Å²) in [5.41, 5.74) is 0.788. The first-order valence-electron chi connectivity index (χ1n) is 6.34. The van der Waals surface area contributed by atoms with Gasteiger partial charge in [-0.05, 0) is 47.6 Å². The van der Waals surface area contributed by atoms with Gasteiger partial charge in [0, 0.05) is 0 Å². The van der Waals surface area contributed by atoms with Gasteiger partial charge in [0.25, 0.3) is 0 Å². The first-order chi connectivity index (χ1) is 8.65. The predicted octanol–water partition coefficient (Wildman–Crippen LogP) is 2.81. The minimum atomic E-state index is -2.87. The fraction of sp³-hybridized carbons (Fsp3) is 0.571. The fourth-order valence-electron chi connectivity index (χ4n) is 2.59. The number of rotatable bonds is 5. The van der Waals surface area contributed by atoms with Gasteiger partial charge in [-0.2, -0.15) is 0 Å². The van der Waals surface area contributed by atoms with Crippen LogP contribution in [0.2, 0.25) is 0 Å². The van der Waals surface area contributed by atoms with Crippen LogP contribution in [-0.4, -0.2) is 47.8 Å². The van der Waals surface area contributed by atoms with Crippen molar-refractivity contribution >= 4 is 7.44 Å². The van der Waals surface area contributed by atoms with Crippen molar-refractivity contribution in [3.63, 3.8) is 0 Å². The second-order valence-corrected chi connectivity index (χ2v) is 9.55. The van der Waals surface area contributed by atoms with Gasteiger partial charge < -0.3 is 5.11 Å². The molecule has 0 bridgehead atoms. The molecule has 1 N–H and O–H groups in total. The van der Waals surface area contributed by atoms with E-state index in [-0.39, 0.29) is 0 Å². The van der Waals surface area contributed by atoms with E-state index in [1.165, 1.54) is 0 Å². The minimum Gasteiger partial charge on any atom is -0.387 e. The second kappa shape index (κ2) is 5.76. The molecule has 108 valence electrons. The van der Waals surface area contributed by atoms with Gasteiger partial charge >= 0.3 is 0 Å². The first-order valence-corrected chi connectivity index (χ1v) is 7.95. The molecule has 19 heavy (non-hydrogen) atoms. The lowest BCUT2D eigenvalue weighted by molar-refractivity contribution is 0.131. The van der Waals surface area contributed by atoms with Gasteiger partial charge in [-0.1, -0.05) is 30.3 Å². The Labute approximate surface area is 116 Å². The van der Waals surface area contributed by atoms with E-state index in [0.29, 0.717) is 0 Å². The molecule has 0 heterocycles. The molecule has 1 aromatic carbocycles. The molecular weight excluding hydrogens is 259 g/mol. The lowest BCUT2D eigenvalue weighted by atomic mass is 9.98. The summed E-state index contributed by atoms with van der Waals surface area (Å²) >= 11 is 0. The molecule has 0 radical (unpaired) electrons.